The van der Waals surface area contributed by atoms with Crippen LogP contribution in [0.2, 0.25) is 0 Å². The van der Waals surface area contributed by atoms with Crippen molar-refractivity contribution in [1.29, 1.82) is 0 Å². The first-order valence-corrected chi connectivity index (χ1v) is 5.50. The molecule has 1 aliphatic rings. The van der Waals surface area contributed by atoms with E-state index >= 15 is 0 Å². The highest BCUT2D eigenvalue weighted by atomic mass is 35.5. The van der Waals surface area contributed by atoms with Crippen molar-refractivity contribution in [2.24, 2.45) is 0 Å². The third-order valence-corrected chi connectivity index (χ3v) is 3.08. The van der Waals surface area contributed by atoms with E-state index in [2.05, 4.69) is 20.7 Å². The van der Waals surface area contributed by atoms with Gasteiger partial charge in [0.15, 0.2) is 5.69 Å². The van der Waals surface area contributed by atoms with E-state index in [-0.39, 0.29) is 17.3 Å². The standard InChI is InChI=1S/C9H13ClN4O/c10-6-1-3-7(4-2-6)12-9(15)8-5-11-14-13-8/h5-7H,1-4H2,(H,12,15)(H,11,13,14). The number of rotatable bonds is 2. The SMILES string of the molecule is O=C(NC1CCC(Cl)CC1)c1cn[nH]n1. The summed E-state index contributed by atoms with van der Waals surface area (Å²) in [6.07, 6.45) is 5.23. The van der Waals surface area contributed by atoms with Gasteiger partial charge in [0.25, 0.3) is 5.91 Å². The quantitative estimate of drug-likeness (QED) is 0.745. The maximum Gasteiger partial charge on any atom is 0.273 e. The molecule has 0 unspecified atom stereocenters. The Kier molecular flexibility index (Phi) is 3.20. The largest absolute Gasteiger partial charge is 0.348 e. The van der Waals surface area contributed by atoms with Crippen molar-refractivity contribution in [2.75, 3.05) is 0 Å². The number of amides is 1. The second-order valence-corrected chi connectivity index (χ2v) is 4.39. The molecule has 1 fully saturated rings. The lowest BCUT2D eigenvalue weighted by atomic mass is 9.95. The topological polar surface area (TPSA) is 70.7 Å². The maximum atomic E-state index is 11.6. The molecule has 1 saturated carbocycles. The lowest BCUT2D eigenvalue weighted by Crippen LogP contribution is -2.38. The molecule has 0 saturated heterocycles. The molecular formula is C9H13ClN4O. The lowest BCUT2D eigenvalue weighted by molar-refractivity contribution is 0.0923. The van der Waals surface area contributed by atoms with Crippen LogP contribution in [0, 0.1) is 0 Å². The fourth-order valence-corrected chi connectivity index (χ4v) is 2.02. The van der Waals surface area contributed by atoms with E-state index in [9.17, 15) is 4.79 Å². The van der Waals surface area contributed by atoms with E-state index in [0.717, 1.165) is 25.7 Å². The minimum Gasteiger partial charge on any atom is -0.348 e. The highest BCUT2D eigenvalue weighted by Crippen LogP contribution is 2.22. The number of carbonyl (C=O) groups is 1. The van der Waals surface area contributed by atoms with Gasteiger partial charge in [-0.1, -0.05) is 0 Å². The number of H-pyrrole nitrogens is 1. The Labute approximate surface area is 92.6 Å². The molecule has 15 heavy (non-hydrogen) atoms. The smallest absolute Gasteiger partial charge is 0.273 e. The van der Waals surface area contributed by atoms with Crippen LogP contribution >= 0.6 is 11.6 Å². The van der Waals surface area contributed by atoms with Gasteiger partial charge in [-0.15, -0.1) is 11.6 Å². The van der Waals surface area contributed by atoms with Crippen LogP contribution in [-0.2, 0) is 0 Å². The van der Waals surface area contributed by atoms with E-state index in [1.54, 1.807) is 0 Å². The number of nitrogens with one attached hydrogen (secondary N) is 2. The second-order valence-electron chi connectivity index (χ2n) is 3.78. The van der Waals surface area contributed by atoms with Gasteiger partial charge < -0.3 is 5.32 Å². The van der Waals surface area contributed by atoms with Crippen molar-refractivity contribution in [3.63, 3.8) is 0 Å². The molecule has 5 nitrogen and oxygen atoms in total. The molecule has 6 heteroatoms. The Hall–Kier alpha value is -1.10. The van der Waals surface area contributed by atoms with Crippen LogP contribution < -0.4 is 5.32 Å². The molecule has 0 aromatic carbocycles. The summed E-state index contributed by atoms with van der Waals surface area (Å²) >= 11 is 5.98. The molecule has 1 amide bonds. The molecule has 0 radical (unpaired) electrons. The Balaban J connectivity index is 1.85. The lowest BCUT2D eigenvalue weighted by Gasteiger charge is -2.25. The third-order valence-electron chi connectivity index (χ3n) is 2.64. The summed E-state index contributed by atoms with van der Waals surface area (Å²) < 4.78 is 0. The number of carbonyl (C=O) groups excluding carboxylic acids is 1. The minimum atomic E-state index is -0.165. The summed E-state index contributed by atoms with van der Waals surface area (Å²) in [4.78, 5) is 11.6. The van der Waals surface area contributed by atoms with Crippen molar-refractivity contribution in [3.05, 3.63) is 11.9 Å². The number of halogens is 1. The van der Waals surface area contributed by atoms with Crippen LogP contribution in [-0.4, -0.2) is 32.7 Å². The van der Waals surface area contributed by atoms with Gasteiger partial charge in [0.05, 0.1) is 6.20 Å². The summed E-state index contributed by atoms with van der Waals surface area (Å²) in [7, 11) is 0. The van der Waals surface area contributed by atoms with E-state index in [0.29, 0.717) is 5.69 Å². The van der Waals surface area contributed by atoms with Crippen molar-refractivity contribution < 1.29 is 4.79 Å². The molecule has 0 atom stereocenters. The first kappa shape index (κ1) is 10.4. The summed E-state index contributed by atoms with van der Waals surface area (Å²) in [5.74, 6) is -0.165. The molecule has 1 aromatic heterocycles. The second kappa shape index (κ2) is 4.61. The Bertz CT molecular complexity index is 319. The molecule has 2 N–H and O–H groups in total. The number of alkyl halides is 1. The normalized spacial score (nSPS) is 26.2. The predicted octanol–water partition coefficient (Wildman–Crippen LogP) is 1.08. The Morgan fingerprint density at radius 2 is 2.20 bits per heavy atom. The highest BCUT2D eigenvalue weighted by Gasteiger charge is 2.21. The highest BCUT2D eigenvalue weighted by molar-refractivity contribution is 6.20. The Morgan fingerprint density at radius 3 is 2.80 bits per heavy atom. The first-order chi connectivity index (χ1) is 7.25. The molecule has 1 heterocycles. The fourth-order valence-electron chi connectivity index (χ4n) is 1.77. The predicted molar refractivity (Wildman–Crippen MR) is 55.7 cm³/mol. The van der Waals surface area contributed by atoms with Crippen molar-refractivity contribution in [2.45, 2.75) is 37.1 Å². The van der Waals surface area contributed by atoms with Gasteiger partial charge in [0.2, 0.25) is 0 Å². The number of nitrogens with zero attached hydrogens (tertiary/aromatic N) is 2. The number of hydrogen-bond donors (Lipinski definition) is 2. The van der Waals surface area contributed by atoms with Gasteiger partial charge >= 0.3 is 0 Å². The number of aromatic amines is 1. The van der Waals surface area contributed by atoms with Crippen LogP contribution in [0.25, 0.3) is 0 Å². The summed E-state index contributed by atoms with van der Waals surface area (Å²) in [6, 6.07) is 0.226. The number of aromatic nitrogens is 3. The van der Waals surface area contributed by atoms with Gasteiger partial charge in [-0.05, 0) is 25.7 Å². The summed E-state index contributed by atoms with van der Waals surface area (Å²) in [5.41, 5.74) is 0.336. The van der Waals surface area contributed by atoms with Gasteiger partial charge in [-0.25, -0.2) is 0 Å². The third kappa shape index (κ3) is 2.68. The number of hydrogen-bond acceptors (Lipinski definition) is 3. The van der Waals surface area contributed by atoms with Crippen LogP contribution in [0.5, 0.6) is 0 Å². The zero-order valence-electron chi connectivity index (χ0n) is 8.24. The van der Waals surface area contributed by atoms with Crippen LogP contribution in [0.15, 0.2) is 6.20 Å². The van der Waals surface area contributed by atoms with Gasteiger partial charge in [-0.3, -0.25) is 4.79 Å². The molecule has 82 valence electrons. The van der Waals surface area contributed by atoms with E-state index < -0.39 is 0 Å². The molecule has 0 bridgehead atoms. The maximum absolute atomic E-state index is 11.6. The first-order valence-electron chi connectivity index (χ1n) is 5.06. The van der Waals surface area contributed by atoms with Crippen LogP contribution in [0.4, 0.5) is 0 Å². The van der Waals surface area contributed by atoms with Gasteiger partial charge in [0, 0.05) is 11.4 Å². The monoisotopic (exact) mass is 228 g/mol. The Morgan fingerprint density at radius 1 is 1.47 bits per heavy atom. The minimum absolute atomic E-state index is 0.165. The van der Waals surface area contributed by atoms with E-state index in [1.807, 2.05) is 0 Å². The zero-order valence-corrected chi connectivity index (χ0v) is 9.00. The van der Waals surface area contributed by atoms with Crippen LogP contribution in [0.3, 0.4) is 0 Å². The fraction of sp³-hybridized carbons (Fsp3) is 0.667. The average Bonchev–Trinajstić information content (AvgIpc) is 2.74. The van der Waals surface area contributed by atoms with Crippen molar-refractivity contribution >= 4 is 17.5 Å². The van der Waals surface area contributed by atoms with Gasteiger partial charge in [-0.2, -0.15) is 15.4 Å². The molecule has 0 aliphatic heterocycles. The average molecular weight is 229 g/mol. The summed E-state index contributed by atoms with van der Waals surface area (Å²) in [5, 5.41) is 12.9. The summed E-state index contributed by atoms with van der Waals surface area (Å²) in [6.45, 7) is 0. The zero-order chi connectivity index (χ0) is 10.7. The molecule has 1 aliphatic carbocycles. The van der Waals surface area contributed by atoms with Gasteiger partial charge in [0.1, 0.15) is 0 Å². The van der Waals surface area contributed by atoms with Crippen LogP contribution in [0.1, 0.15) is 36.2 Å². The van der Waals surface area contributed by atoms with E-state index in [4.69, 9.17) is 11.6 Å². The van der Waals surface area contributed by atoms with E-state index in [1.165, 1.54) is 6.20 Å². The molecule has 0 spiro atoms. The molecule has 2 rings (SSSR count). The molecule has 1 aromatic rings. The van der Waals surface area contributed by atoms with Crippen molar-refractivity contribution in [3.8, 4) is 0 Å². The van der Waals surface area contributed by atoms with Crippen molar-refractivity contribution in [1.82, 2.24) is 20.7 Å². The molecular weight excluding hydrogens is 216 g/mol.